The Kier molecular flexibility index (Phi) is 31.9. The number of aryl methyl sites for hydroxylation is 9. The number of halogens is 4. The lowest BCUT2D eigenvalue weighted by molar-refractivity contribution is -0.133. The van der Waals surface area contributed by atoms with Crippen LogP contribution < -0.4 is 29.1 Å². The predicted octanol–water partition coefficient (Wildman–Crippen LogP) is 12.1. The Morgan fingerprint density at radius 3 is 0.930 bits per heavy atom. The Labute approximate surface area is 749 Å². The van der Waals surface area contributed by atoms with Crippen LogP contribution in [0.5, 0.6) is 11.6 Å². The number of rotatable bonds is 26. The minimum absolute atomic E-state index is 0.000919. The minimum Gasteiger partial charge on any atom is -0.497 e. The SMILES string of the molecule is CCCc1nc(-c2ccc(F)c(C)c2)nn1CC(=O)N1CCN(c2cc(C)ccn2)CC1.CCCc1nc(-c2ccc(F)c(C)c2)nn1CC(=O)N1CCN(c2cc(OC)ccn2)CC1.CCCc1nc(-c2ccc(F)c(C)c2)nn1CC(=O)N1CCN(c2cc(OC)ncn2)CC1.CCCc1nc(-c2ccc(F)c(C)c2)nn1CC(=O)N1CCN(c2ccccn2)CC1. The van der Waals surface area contributed by atoms with Gasteiger partial charge in [-0.25, -0.2) is 81.1 Å². The van der Waals surface area contributed by atoms with Crippen LogP contribution in [-0.2, 0) is 71.0 Å². The fourth-order valence-electron chi connectivity index (χ4n) is 15.5. The van der Waals surface area contributed by atoms with Crippen molar-refractivity contribution < 1.29 is 46.2 Å². The number of hydrogen-bond acceptors (Lipinski definition) is 23. The summed E-state index contributed by atoms with van der Waals surface area (Å²) in [5, 5.41) is 18.3. The summed E-state index contributed by atoms with van der Waals surface area (Å²) in [7, 11) is 3.21. The van der Waals surface area contributed by atoms with E-state index in [0.29, 0.717) is 136 Å². The van der Waals surface area contributed by atoms with Crippen molar-refractivity contribution in [2.24, 2.45) is 0 Å². The summed E-state index contributed by atoms with van der Waals surface area (Å²) in [6.07, 6.45) is 13.3. The molecule has 0 aliphatic carbocycles. The molecule has 4 amide bonds. The van der Waals surface area contributed by atoms with Gasteiger partial charge in [0.1, 0.15) is 108 Å². The van der Waals surface area contributed by atoms with Crippen molar-refractivity contribution in [2.75, 3.05) is 139 Å². The summed E-state index contributed by atoms with van der Waals surface area (Å²) >= 11 is 0. The van der Waals surface area contributed by atoms with Gasteiger partial charge in [0.15, 0.2) is 23.3 Å². The maximum Gasteiger partial charge on any atom is 0.244 e. The van der Waals surface area contributed by atoms with Crippen molar-refractivity contribution >= 4 is 46.9 Å². The normalized spacial score (nSPS) is 14.0. The first-order valence-electron chi connectivity index (χ1n) is 44.1. The zero-order valence-electron chi connectivity index (χ0n) is 75.3. The van der Waals surface area contributed by atoms with Crippen molar-refractivity contribution in [3.63, 3.8) is 0 Å². The van der Waals surface area contributed by atoms with Crippen molar-refractivity contribution in [3.8, 4) is 57.2 Å². The third-order valence-corrected chi connectivity index (χ3v) is 22.9. The molecule has 12 aromatic rings. The van der Waals surface area contributed by atoms with Gasteiger partial charge in [0, 0.05) is 183 Å². The molecule has 0 unspecified atom stereocenters. The lowest BCUT2D eigenvalue weighted by Gasteiger charge is -2.35. The minimum atomic E-state index is -0.262. The molecule has 0 N–H and O–H groups in total. The molecule has 4 saturated heterocycles. The van der Waals surface area contributed by atoms with Gasteiger partial charge in [-0.15, -0.1) is 0 Å². The number of nitrogens with zero attached hydrogens (tertiary/aromatic N) is 25. The van der Waals surface area contributed by atoms with Crippen LogP contribution in [0.25, 0.3) is 45.6 Å². The third-order valence-electron chi connectivity index (χ3n) is 22.9. The van der Waals surface area contributed by atoms with Gasteiger partial charge in [0.25, 0.3) is 0 Å². The Balaban J connectivity index is 0.000000147. The highest BCUT2D eigenvalue weighted by atomic mass is 19.1. The Bertz CT molecular complexity index is 5620. The van der Waals surface area contributed by atoms with Crippen molar-refractivity contribution in [1.82, 2.24) is 104 Å². The molecular weight excluding hydrogens is 1650 g/mol. The van der Waals surface area contributed by atoms with E-state index in [-0.39, 0.29) is 73.1 Å². The Morgan fingerprint density at radius 1 is 0.326 bits per heavy atom. The molecule has 4 aromatic carbocycles. The molecule has 0 bridgehead atoms. The van der Waals surface area contributed by atoms with E-state index in [1.54, 1.807) is 128 Å². The highest BCUT2D eigenvalue weighted by molar-refractivity contribution is 5.78. The molecule has 35 heteroatoms. The molecule has 16 rings (SSSR count). The first-order chi connectivity index (χ1) is 62.4. The fraction of sp³-hybridized carbons (Fsp3) is 0.415. The molecule has 129 heavy (non-hydrogen) atoms. The molecule has 678 valence electrons. The summed E-state index contributed by atoms with van der Waals surface area (Å²) in [6, 6.07) is 34.8. The van der Waals surface area contributed by atoms with Crippen LogP contribution in [-0.4, -0.2) is 246 Å². The number of carbonyl (C=O) groups is 4. The van der Waals surface area contributed by atoms with Crippen LogP contribution in [0.4, 0.5) is 40.8 Å². The first kappa shape index (κ1) is 93.0. The average Bonchev–Trinajstić information content (AvgIpc) is 1.69. The number of benzene rings is 4. The number of anilines is 4. The third kappa shape index (κ3) is 24.2. The second-order valence-electron chi connectivity index (χ2n) is 32.2. The topological polar surface area (TPSA) is 300 Å². The van der Waals surface area contributed by atoms with Gasteiger partial charge < -0.3 is 48.7 Å². The van der Waals surface area contributed by atoms with Gasteiger partial charge in [0.05, 0.1) is 14.2 Å². The van der Waals surface area contributed by atoms with E-state index in [9.17, 15) is 36.7 Å². The van der Waals surface area contributed by atoms with E-state index in [4.69, 9.17) is 9.47 Å². The molecule has 0 atom stereocenters. The van der Waals surface area contributed by atoms with E-state index in [0.717, 1.165) is 146 Å². The van der Waals surface area contributed by atoms with E-state index in [1.807, 2.05) is 62.2 Å². The predicted molar refractivity (Wildman–Crippen MR) is 484 cm³/mol. The highest BCUT2D eigenvalue weighted by Crippen LogP contribution is 2.28. The number of amides is 4. The average molecular weight is 1770 g/mol. The van der Waals surface area contributed by atoms with Gasteiger partial charge >= 0.3 is 0 Å². The van der Waals surface area contributed by atoms with Gasteiger partial charge in [-0.1, -0.05) is 33.8 Å². The van der Waals surface area contributed by atoms with Gasteiger partial charge in [-0.2, -0.15) is 20.4 Å². The number of methoxy groups -OCH3 is 2. The molecule has 0 spiro atoms. The number of hydrogen-bond donors (Lipinski definition) is 0. The summed E-state index contributed by atoms with van der Waals surface area (Å²) in [6.45, 7) is 28.5. The van der Waals surface area contributed by atoms with Crippen molar-refractivity contribution in [1.29, 1.82) is 0 Å². The van der Waals surface area contributed by atoms with Crippen LogP contribution in [0.2, 0.25) is 0 Å². The van der Waals surface area contributed by atoms with Crippen LogP contribution in [0.1, 0.15) is 104 Å². The zero-order valence-corrected chi connectivity index (χ0v) is 75.3. The van der Waals surface area contributed by atoms with Crippen molar-refractivity contribution in [2.45, 2.75) is 140 Å². The second kappa shape index (κ2) is 44.2. The largest absolute Gasteiger partial charge is 0.497 e. The van der Waals surface area contributed by atoms with Crippen molar-refractivity contribution in [3.05, 3.63) is 221 Å². The number of piperazine rings is 4. The lowest BCUT2D eigenvalue weighted by Crippen LogP contribution is -2.50. The molecule has 8 aromatic heterocycles. The number of pyridine rings is 3. The molecule has 12 heterocycles. The molecule has 31 nitrogen and oxygen atoms in total. The number of ether oxygens (including phenoxy) is 2. The maximum atomic E-state index is 13.7. The van der Waals surface area contributed by atoms with Crippen LogP contribution in [0, 0.1) is 57.9 Å². The Hall–Kier alpha value is -13.6. The summed E-state index contributed by atoms with van der Waals surface area (Å²) < 4.78 is 71.8. The quantitative estimate of drug-likeness (QED) is 0.0455. The number of aromatic nitrogens is 17. The molecule has 0 saturated carbocycles. The van der Waals surface area contributed by atoms with Crippen LogP contribution >= 0.6 is 0 Å². The zero-order chi connectivity index (χ0) is 91.2. The molecular formula is C94H113F4N25O6. The standard InChI is InChI=1S/C24H29FN6O2.C24H29FN6O.C23H28FN7O2.C23H27FN6O/c1-4-5-21-27-24(18-6-7-20(25)17(2)14-18)28-31(21)16-23(32)30-12-10-29(11-13-30)22-15-19(33-3)8-9-26-22;1-4-5-21-27-24(19-6-7-20(25)18(3)15-19)28-31(21)16-23(32)30-12-10-29(11-13-30)22-14-17(2)8-9-26-22;1-4-5-19-27-23(17-6-7-18(24)16(2)12-17)28-31(19)14-22(32)30-10-8-29(9-11-30)20-13-21(33-3)26-15-25-20;1-3-6-21-26-23(18-8-9-19(24)17(2)15-18)27-30(21)16-22(31)29-13-11-28(12-14-29)20-7-4-5-10-25-20/h6-9,14-15H,4-5,10-13,16H2,1-3H3;6-9,14-15H,4-5,10-13,16H2,1-3H3;6-7,12-13,15H,4-5,8-11,14H2,1-3H3;4-5,7-10,15H,3,6,11-14,16H2,1-2H3. The number of carbonyl (C=O) groups excluding carboxylic acids is 4. The Morgan fingerprint density at radius 2 is 0.636 bits per heavy atom. The van der Waals surface area contributed by atoms with Crippen LogP contribution in [0.15, 0.2) is 146 Å². The van der Waals surface area contributed by atoms with E-state index in [1.165, 1.54) is 36.2 Å². The smallest absolute Gasteiger partial charge is 0.244 e. The summed E-state index contributed by atoms with van der Waals surface area (Å²) in [5.74, 6) is 9.02. The van der Waals surface area contributed by atoms with Crippen LogP contribution in [0.3, 0.4) is 0 Å². The second-order valence-corrected chi connectivity index (χ2v) is 32.2. The molecule has 4 aliphatic rings. The summed E-state index contributed by atoms with van der Waals surface area (Å²) in [5.41, 5.74) is 6.36. The van der Waals surface area contributed by atoms with E-state index < -0.39 is 0 Å². The molecule has 4 fully saturated rings. The van der Waals surface area contributed by atoms with E-state index >= 15 is 0 Å². The lowest BCUT2D eigenvalue weighted by atomic mass is 10.1. The molecule has 4 aliphatic heterocycles. The first-order valence-corrected chi connectivity index (χ1v) is 44.1. The summed E-state index contributed by atoms with van der Waals surface area (Å²) in [4.78, 5) is 108. The van der Waals surface area contributed by atoms with E-state index in [2.05, 4.69) is 126 Å². The van der Waals surface area contributed by atoms with Gasteiger partial charge in [0.2, 0.25) is 29.5 Å². The molecule has 0 radical (unpaired) electrons. The monoisotopic (exact) mass is 1760 g/mol. The maximum absolute atomic E-state index is 13.7. The van der Waals surface area contributed by atoms with Gasteiger partial charge in [-0.3, -0.25) is 19.2 Å². The fourth-order valence-corrected chi connectivity index (χ4v) is 15.5. The highest BCUT2D eigenvalue weighted by Gasteiger charge is 2.30. The van der Waals surface area contributed by atoms with Gasteiger partial charge in [-0.05, 0) is 191 Å².